The van der Waals surface area contributed by atoms with E-state index in [4.69, 9.17) is 17.3 Å². The zero-order valence-electron chi connectivity index (χ0n) is 19.3. The van der Waals surface area contributed by atoms with Crippen LogP contribution >= 0.6 is 24.0 Å². The highest BCUT2D eigenvalue weighted by atomic mass is 35.5. The van der Waals surface area contributed by atoms with Crippen LogP contribution in [0.5, 0.6) is 0 Å². The molecule has 2 aliphatic rings. The van der Waals surface area contributed by atoms with E-state index in [1.54, 1.807) is 22.5 Å². The molecule has 0 spiro atoms. The van der Waals surface area contributed by atoms with E-state index in [0.29, 0.717) is 55.4 Å². The number of piperazine rings is 1. The molecule has 1 fully saturated rings. The van der Waals surface area contributed by atoms with Crippen molar-refractivity contribution in [1.82, 2.24) is 14.5 Å². The number of nitrogens with one attached hydrogen (secondary N) is 1. The summed E-state index contributed by atoms with van der Waals surface area (Å²) in [5.74, 6) is -0.114. The normalized spacial score (nSPS) is 18.2. The number of carbonyl (C=O) groups excluding carboxylic acids is 1. The second-order valence-corrected chi connectivity index (χ2v) is 11.4. The monoisotopic (exact) mass is 526 g/mol. The molecule has 7 nitrogen and oxygen atoms in total. The molecule has 34 heavy (non-hydrogen) atoms. The molecular weight excluding hydrogens is 495 g/mol. The van der Waals surface area contributed by atoms with Crippen LogP contribution in [0.25, 0.3) is 0 Å². The molecule has 0 atom stereocenters. The molecule has 1 amide bonds. The molecule has 3 N–H and O–H groups in total. The molecular formula is C24H32Cl2N4O3S. The Kier molecular flexibility index (Phi) is 8.52. The van der Waals surface area contributed by atoms with Gasteiger partial charge in [0.1, 0.15) is 0 Å². The predicted octanol–water partition coefficient (Wildman–Crippen LogP) is 2.97. The Morgan fingerprint density at radius 3 is 2.24 bits per heavy atom. The smallest absolute Gasteiger partial charge is 0.254 e. The number of fused-ring (bicyclic) bond motifs is 1. The van der Waals surface area contributed by atoms with Crippen molar-refractivity contribution in [3.63, 3.8) is 0 Å². The summed E-state index contributed by atoms with van der Waals surface area (Å²) in [5.41, 5.74) is 8.86. The van der Waals surface area contributed by atoms with Gasteiger partial charge in [-0.3, -0.25) is 9.69 Å². The summed E-state index contributed by atoms with van der Waals surface area (Å²) in [5, 5.41) is 3.41. The average molecular weight is 528 g/mol. The maximum Gasteiger partial charge on any atom is 0.254 e. The Bertz CT molecular complexity index is 1090. The second kappa shape index (κ2) is 10.8. The molecule has 1 aliphatic heterocycles. The maximum atomic E-state index is 13.0. The molecule has 186 valence electrons. The quantitative estimate of drug-likeness (QED) is 0.540. The van der Waals surface area contributed by atoms with Crippen LogP contribution in [0.4, 0.5) is 5.69 Å². The summed E-state index contributed by atoms with van der Waals surface area (Å²) >= 11 is 6.25. The van der Waals surface area contributed by atoms with Crippen LogP contribution in [0.3, 0.4) is 0 Å². The van der Waals surface area contributed by atoms with E-state index < -0.39 is 10.0 Å². The van der Waals surface area contributed by atoms with E-state index in [9.17, 15) is 13.2 Å². The number of halogens is 2. The highest BCUT2D eigenvalue weighted by Crippen LogP contribution is 2.35. The van der Waals surface area contributed by atoms with Gasteiger partial charge in [-0.25, -0.2) is 8.42 Å². The van der Waals surface area contributed by atoms with E-state index in [2.05, 4.69) is 22.3 Å². The molecule has 0 aromatic heterocycles. The molecule has 0 radical (unpaired) electrons. The molecule has 0 unspecified atom stereocenters. The zero-order valence-corrected chi connectivity index (χ0v) is 21.7. The van der Waals surface area contributed by atoms with E-state index in [0.717, 1.165) is 12.8 Å². The SMILES string of the molecule is CCCS(=O)(=O)N1CCN(C2(CNC(=O)c3c(N)cccc3Cl)Cc3ccccc3C2)CC1.Cl. The summed E-state index contributed by atoms with van der Waals surface area (Å²) in [6.07, 6.45) is 2.20. The number of anilines is 1. The van der Waals surface area contributed by atoms with Gasteiger partial charge in [-0.2, -0.15) is 4.31 Å². The van der Waals surface area contributed by atoms with Crippen LogP contribution in [0.15, 0.2) is 42.5 Å². The summed E-state index contributed by atoms with van der Waals surface area (Å²) in [4.78, 5) is 15.4. The first kappa shape index (κ1) is 26.8. The number of rotatable bonds is 7. The fourth-order valence-corrected chi connectivity index (χ4v) is 6.84. The van der Waals surface area contributed by atoms with Gasteiger partial charge in [0.05, 0.1) is 16.3 Å². The largest absolute Gasteiger partial charge is 0.398 e. The van der Waals surface area contributed by atoms with Crippen molar-refractivity contribution < 1.29 is 13.2 Å². The summed E-state index contributed by atoms with van der Waals surface area (Å²) < 4.78 is 26.7. The summed E-state index contributed by atoms with van der Waals surface area (Å²) in [6, 6.07) is 13.4. The van der Waals surface area contributed by atoms with Crippen molar-refractivity contribution in [2.75, 3.05) is 44.2 Å². The first-order valence-corrected chi connectivity index (χ1v) is 13.4. The first-order valence-electron chi connectivity index (χ1n) is 11.4. The number of carbonyl (C=O) groups is 1. The molecule has 1 heterocycles. The molecule has 2 aromatic rings. The highest BCUT2D eigenvalue weighted by Gasteiger charge is 2.44. The van der Waals surface area contributed by atoms with Gasteiger partial charge in [-0.15, -0.1) is 12.4 Å². The Morgan fingerprint density at radius 2 is 1.68 bits per heavy atom. The van der Waals surface area contributed by atoms with Crippen LogP contribution in [0.1, 0.15) is 34.8 Å². The number of amides is 1. The van der Waals surface area contributed by atoms with Gasteiger partial charge in [0.2, 0.25) is 10.0 Å². The Labute approximate surface area is 213 Å². The fraction of sp³-hybridized carbons (Fsp3) is 0.458. The van der Waals surface area contributed by atoms with Crippen LogP contribution in [-0.2, 0) is 22.9 Å². The lowest BCUT2D eigenvalue weighted by Crippen LogP contribution is -2.62. The number of benzene rings is 2. The summed E-state index contributed by atoms with van der Waals surface area (Å²) in [7, 11) is -3.22. The minimum absolute atomic E-state index is 0. The number of nitrogen functional groups attached to an aromatic ring is 1. The molecule has 10 heteroatoms. The average Bonchev–Trinajstić information content (AvgIpc) is 3.18. The first-order chi connectivity index (χ1) is 15.8. The number of hydrogen-bond acceptors (Lipinski definition) is 5. The fourth-order valence-electron chi connectivity index (χ4n) is 5.08. The lowest BCUT2D eigenvalue weighted by molar-refractivity contribution is 0.0561. The predicted molar refractivity (Wildman–Crippen MR) is 139 cm³/mol. The second-order valence-electron chi connectivity index (χ2n) is 8.94. The summed E-state index contributed by atoms with van der Waals surface area (Å²) in [6.45, 7) is 4.49. The molecule has 4 rings (SSSR count). The Hall–Kier alpha value is -1.84. The van der Waals surface area contributed by atoms with Crippen molar-refractivity contribution in [2.24, 2.45) is 0 Å². The van der Waals surface area contributed by atoms with Crippen molar-refractivity contribution in [1.29, 1.82) is 0 Å². The van der Waals surface area contributed by atoms with Crippen molar-refractivity contribution in [3.05, 3.63) is 64.2 Å². The van der Waals surface area contributed by atoms with Crippen LogP contribution in [-0.4, -0.2) is 67.5 Å². The van der Waals surface area contributed by atoms with Gasteiger partial charge >= 0.3 is 0 Å². The minimum Gasteiger partial charge on any atom is -0.398 e. The standard InChI is InChI=1S/C24H31ClN4O3S.ClH/c1-2-14-33(31,32)29-12-10-28(11-13-29)24(15-18-6-3-4-7-19(18)16-24)17-27-23(30)22-20(25)8-5-9-21(22)26;/h3-9H,2,10-17,26H2,1H3,(H,27,30);1H. The number of hydrogen-bond donors (Lipinski definition) is 2. The molecule has 0 saturated carbocycles. The minimum atomic E-state index is -3.22. The molecule has 1 saturated heterocycles. The third-order valence-corrected chi connectivity index (χ3v) is 9.16. The Balaban J connectivity index is 0.00000324. The number of nitrogens with two attached hydrogens (primary N) is 1. The van der Waals surface area contributed by atoms with E-state index in [1.807, 2.05) is 19.1 Å². The van der Waals surface area contributed by atoms with E-state index in [-0.39, 0.29) is 29.6 Å². The van der Waals surface area contributed by atoms with Gasteiger partial charge in [0.25, 0.3) is 5.91 Å². The molecule has 2 aromatic carbocycles. The number of nitrogens with zero attached hydrogens (tertiary/aromatic N) is 2. The van der Waals surface area contributed by atoms with Crippen LogP contribution < -0.4 is 11.1 Å². The van der Waals surface area contributed by atoms with Crippen LogP contribution in [0.2, 0.25) is 5.02 Å². The van der Waals surface area contributed by atoms with Crippen molar-refractivity contribution in [3.8, 4) is 0 Å². The molecule has 1 aliphatic carbocycles. The number of sulfonamides is 1. The maximum absolute atomic E-state index is 13.0. The molecule has 0 bridgehead atoms. The van der Waals surface area contributed by atoms with Gasteiger partial charge in [-0.05, 0) is 42.5 Å². The highest BCUT2D eigenvalue weighted by molar-refractivity contribution is 7.89. The van der Waals surface area contributed by atoms with Gasteiger partial charge in [0.15, 0.2) is 0 Å². The van der Waals surface area contributed by atoms with E-state index >= 15 is 0 Å². The van der Waals surface area contributed by atoms with Crippen molar-refractivity contribution >= 4 is 45.6 Å². The lowest BCUT2D eigenvalue weighted by atomic mass is 9.92. The third-order valence-electron chi connectivity index (χ3n) is 6.77. The van der Waals surface area contributed by atoms with Gasteiger partial charge in [0, 0.05) is 44.0 Å². The Morgan fingerprint density at radius 1 is 1.06 bits per heavy atom. The van der Waals surface area contributed by atoms with Gasteiger partial charge in [-0.1, -0.05) is 48.9 Å². The van der Waals surface area contributed by atoms with Crippen molar-refractivity contribution in [2.45, 2.75) is 31.7 Å². The van der Waals surface area contributed by atoms with Gasteiger partial charge < -0.3 is 11.1 Å². The van der Waals surface area contributed by atoms with Crippen LogP contribution in [0, 0.1) is 0 Å². The zero-order chi connectivity index (χ0) is 23.6. The lowest BCUT2D eigenvalue weighted by Gasteiger charge is -2.45. The topological polar surface area (TPSA) is 95.7 Å². The third kappa shape index (κ3) is 5.36. The van der Waals surface area contributed by atoms with E-state index in [1.165, 1.54) is 11.1 Å².